The fourth-order valence-electron chi connectivity index (χ4n) is 4.03. The first kappa shape index (κ1) is 21.9. The Labute approximate surface area is 199 Å². The topological polar surface area (TPSA) is 106 Å². The smallest absolute Gasteiger partial charge is 0.290 e. The van der Waals surface area contributed by atoms with E-state index in [0.29, 0.717) is 48.4 Å². The lowest BCUT2D eigenvalue weighted by molar-refractivity contribution is -0.384. The van der Waals surface area contributed by atoms with Crippen LogP contribution < -0.4 is 4.90 Å². The van der Waals surface area contributed by atoms with Crippen LogP contribution in [-0.2, 0) is 5.75 Å². The van der Waals surface area contributed by atoms with Gasteiger partial charge in [0, 0.05) is 73.1 Å². The van der Waals surface area contributed by atoms with Crippen LogP contribution >= 0.6 is 11.8 Å². The molecule has 0 N–H and O–H groups in total. The van der Waals surface area contributed by atoms with Gasteiger partial charge in [-0.2, -0.15) is 0 Å². The van der Waals surface area contributed by atoms with Gasteiger partial charge in [-0.1, -0.05) is 36.0 Å². The largest absolute Gasteiger partial charge is 0.451 e. The van der Waals surface area contributed by atoms with Gasteiger partial charge in [0.15, 0.2) is 10.9 Å². The first-order valence-corrected chi connectivity index (χ1v) is 11.8. The van der Waals surface area contributed by atoms with Crippen molar-refractivity contribution in [2.45, 2.75) is 10.9 Å². The molecular weight excluding hydrogens is 454 g/mol. The minimum atomic E-state index is -0.398. The average Bonchev–Trinajstić information content (AvgIpc) is 3.26. The first-order valence-electron chi connectivity index (χ1n) is 10.8. The van der Waals surface area contributed by atoms with E-state index in [2.05, 4.69) is 14.9 Å². The number of rotatable bonds is 6. The maximum absolute atomic E-state index is 13.5. The van der Waals surface area contributed by atoms with Crippen LogP contribution in [0.1, 0.15) is 16.1 Å². The summed E-state index contributed by atoms with van der Waals surface area (Å²) in [5.41, 5.74) is 2.35. The number of non-ortho nitro benzene ring substituents is 1. The van der Waals surface area contributed by atoms with E-state index >= 15 is 0 Å². The number of benzene rings is 2. The molecule has 0 unspecified atom stereocenters. The molecule has 3 heterocycles. The van der Waals surface area contributed by atoms with Gasteiger partial charge in [-0.25, -0.2) is 9.97 Å². The van der Waals surface area contributed by atoms with Gasteiger partial charge in [0.2, 0.25) is 0 Å². The maximum atomic E-state index is 13.5. The van der Waals surface area contributed by atoms with Crippen molar-refractivity contribution in [1.29, 1.82) is 0 Å². The van der Waals surface area contributed by atoms with E-state index in [-0.39, 0.29) is 11.6 Å². The Kier molecular flexibility index (Phi) is 6.13. The molecule has 1 saturated heterocycles. The predicted octanol–water partition coefficient (Wildman–Crippen LogP) is 4.39. The van der Waals surface area contributed by atoms with Crippen molar-refractivity contribution in [3.05, 3.63) is 88.4 Å². The zero-order valence-corrected chi connectivity index (χ0v) is 19.0. The molecule has 0 aliphatic carbocycles. The molecule has 0 radical (unpaired) electrons. The summed E-state index contributed by atoms with van der Waals surface area (Å²) in [4.78, 5) is 36.5. The molecule has 2 aromatic heterocycles. The SMILES string of the molecule is O=C(c1oc2ccccc2c1CSc1ncccn1)N1CCN(c2cccc([N+](=O)[O-])c2)CC1. The highest BCUT2D eigenvalue weighted by Gasteiger charge is 2.28. The zero-order chi connectivity index (χ0) is 23.5. The number of para-hydroxylation sites is 1. The molecule has 0 saturated carbocycles. The third-order valence-corrected chi connectivity index (χ3v) is 6.65. The molecule has 0 atom stereocenters. The molecule has 34 heavy (non-hydrogen) atoms. The lowest BCUT2D eigenvalue weighted by Crippen LogP contribution is -2.48. The Hall–Kier alpha value is -3.92. The van der Waals surface area contributed by atoms with Gasteiger partial charge in [-0.15, -0.1) is 0 Å². The van der Waals surface area contributed by atoms with Crippen LogP contribution in [-0.4, -0.2) is 51.9 Å². The number of aromatic nitrogens is 2. The monoisotopic (exact) mass is 475 g/mol. The number of fused-ring (bicyclic) bond motifs is 1. The van der Waals surface area contributed by atoms with E-state index < -0.39 is 4.92 Å². The van der Waals surface area contributed by atoms with Gasteiger partial charge in [0.1, 0.15) is 5.58 Å². The Morgan fingerprint density at radius 2 is 1.79 bits per heavy atom. The second-order valence-corrected chi connectivity index (χ2v) is 8.72. The molecule has 10 heteroatoms. The van der Waals surface area contributed by atoms with Crippen LogP contribution in [0.25, 0.3) is 11.0 Å². The number of nitro groups is 1. The van der Waals surface area contributed by atoms with Gasteiger partial charge in [0.05, 0.1) is 4.92 Å². The Morgan fingerprint density at radius 1 is 1.03 bits per heavy atom. The first-order chi connectivity index (χ1) is 16.6. The minimum Gasteiger partial charge on any atom is -0.451 e. The summed E-state index contributed by atoms with van der Waals surface area (Å²) in [7, 11) is 0. The Morgan fingerprint density at radius 3 is 2.56 bits per heavy atom. The summed E-state index contributed by atoms with van der Waals surface area (Å²) in [6.07, 6.45) is 3.38. The average molecular weight is 476 g/mol. The van der Waals surface area contributed by atoms with Crippen molar-refractivity contribution in [2.24, 2.45) is 0 Å². The number of furan rings is 1. The van der Waals surface area contributed by atoms with Crippen LogP contribution in [0.2, 0.25) is 0 Å². The van der Waals surface area contributed by atoms with Gasteiger partial charge in [0.25, 0.3) is 11.6 Å². The number of anilines is 1. The van der Waals surface area contributed by atoms with Crippen LogP contribution in [0.4, 0.5) is 11.4 Å². The Balaban J connectivity index is 1.34. The summed E-state index contributed by atoms with van der Waals surface area (Å²) in [5.74, 6) is 0.698. The van der Waals surface area contributed by atoms with E-state index in [4.69, 9.17) is 4.42 Å². The van der Waals surface area contributed by atoms with Crippen LogP contribution in [0.15, 0.2) is 76.6 Å². The molecule has 2 aromatic carbocycles. The molecule has 0 spiro atoms. The van der Waals surface area contributed by atoms with Crippen LogP contribution in [0.5, 0.6) is 0 Å². The fraction of sp³-hybridized carbons (Fsp3) is 0.208. The number of carbonyl (C=O) groups is 1. The van der Waals surface area contributed by atoms with Gasteiger partial charge in [-0.05, 0) is 18.2 Å². The lowest BCUT2D eigenvalue weighted by Gasteiger charge is -2.35. The molecule has 4 aromatic rings. The minimum absolute atomic E-state index is 0.0582. The van der Waals surface area contributed by atoms with E-state index in [9.17, 15) is 14.9 Å². The van der Waals surface area contributed by atoms with Gasteiger partial charge >= 0.3 is 0 Å². The van der Waals surface area contributed by atoms with Gasteiger partial charge in [-0.3, -0.25) is 14.9 Å². The highest BCUT2D eigenvalue weighted by molar-refractivity contribution is 7.98. The summed E-state index contributed by atoms with van der Waals surface area (Å²) in [6.45, 7) is 2.14. The number of thioether (sulfide) groups is 1. The Bertz CT molecular complexity index is 1340. The zero-order valence-electron chi connectivity index (χ0n) is 18.2. The standard InChI is InChI=1S/C24H21N5O4S/c30-23(28-13-11-27(12-14-28)17-5-3-6-18(15-17)29(31)32)22-20(16-34-24-25-9-4-10-26-24)19-7-1-2-8-21(19)33-22/h1-10,15H,11-14,16H2. The molecule has 172 valence electrons. The van der Waals surface area contributed by atoms with E-state index in [1.54, 1.807) is 35.5 Å². The van der Waals surface area contributed by atoms with Crippen molar-refractivity contribution < 1.29 is 14.1 Å². The highest BCUT2D eigenvalue weighted by Crippen LogP contribution is 2.32. The molecule has 1 fully saturated rings. The van der Waals surface area contributed by atoms with Crippen molar-refractivity contribution in [1.82, 2.24) is 14.9 Å². The van der Waals surface area contributed by atoms with E-state index in [1.165, 1.54) is 17.8 Å². The van der Waals surface area contributed by atoms with E-state index in [1.807, 2.05) is 30.3 Å². The van der Waals surface area contributed by atoms with E-state index in [0.717, 1.165) is 16.6 Å². The van der Waals surface area contributed by atoms with Crippen LogP contribution in [0.3, 0.4) is 0 Å². The fourth-order valence-corrected chi connectivity index (χ4v) is 4.86. The molecule has 1 aliphatic rings. The number of nitro benzene ring substituents is 1. The maximum Gasteiger partial charge on any atom is 0.290 e. The summed E-state index contributed by atoms with van der Waals surface area (Å²) < 4.78 is 6.02. The summed E-state index contributed by atoms with van der Waals surface area (Å²) >= 11 is 1.46. The number of piperazine rings is 1. The second kappa shape index (κ2) is 9.52. The lowest BCUT2D eigenvalue weighted by atomic mass is 10.1. The summed E-state index contributed by atoms with van der Waals surface area (Å²) in [5, 5.41) is 12.6. The van der Waals surface area contributed by atoms with Crippen LogP contribution in [0, 0.1) is 10.1 Å². The third-order valence-electron chi connectivity index (χ3n) is 5.75. The number of hydrogen-bond acceptors (Lipinski definition) is 8. The van der Waals surface area contributed by atoms with Crippen molar-refractivity contribution in [2.75, 3.05) is 31.1 Å². The van der Waals surface area contributed by atoms with Gasteiger partial charge < -0.3 is 14.2 Å². The third kappa shape index (κ3) is 4.44. The number of carbonyl (C=O) groups excluding carboxylic acids is 1. The normalized spacial score (nSPS) is 13.9. The second-order valence-electron chi connectivity index (χ2n) is 7.78. The number of hydrogen-bond donors (Lipinski definition) is 0. The van der Waals surface area contributed by atoms with Crippen molar-refractivity contribution >= 4 is 40.0 Å². The summed E-state index contributed by atoms with van der Waals surface area (Å²) in [6, 6.07) is 16.0. The van der Waals surface area contributed by atoms with Crippen molar-refractivity contribution in [3.63, 3.8) is 0 Å². The van der Waals surface area contributed by atoms with Crippen molar-refractivity contribution in [3.8, 4) is 0 Å². The number of amides is 1. The number of nitrogens with zero attached hydrogens (tertiary/aromatic N) is 5. The molecule has 9 nitrogen and oxygen atoms in total. The molecule has 5 rings (SSSR count). The highest BCUT2D eigenvalue weighted by atomic mass is 32.2. The molecule has 1 amide bonds. The quantitative estimate of drug-likeness (QED) is 0.175. The predicted molar refractivity (Wildman–Crippen MR) is 129 cm³/mol. The molecular formula is C24H21N5O4S. The molecule has 1 aliphatic heterocycles. The molecule has 0 bridgehead atoms.